The third-order valence-electron chi connectivity index (χ3n) is 4.18. The average Bonchev–Trinajstić information content (AvgIpc) is 3.32. The van der Waals surface area contributed by atoms with Crippen LogP contribution in [0.3, 0.4) is 0 Å². The minimum Gasteiger partial charge on any atom is -0.545 e. The molecule has 0 bridgehead atoms. The van der Waals surface area contributed by atoms with Gasteiger partial charge in [0.15, 0.2) is 5.71 Å². The molecule has 1 aromatic heterocycles. The summed E-state index contributed by atoms with van der Waals surface area (Å²) in [5, 5.41) is 19.1. The van der Waals surface area contributed by atoms with Gasteiger partial charge in [-0.25, -0.2) is 4.98 Å². The van der Waals surface area contributed by atoms with Crippen molar-refractivity contribution in [2.75, 3.05) is 10.4 Å². The molecule has 0 radical (unpaired) electrons. The second kappa shape index (κ2) is 7.97. The van der Waals surface area contributed by atoms with Crippen LogP contribution in [0.2, 0.25) is 5.02 Å². The number of carboxylic acid groups (broad SMARTS) is 1. The Bertz CT molecular complexity index is 1170. The van der Waals surface area contributed by atoms with E-state index in [-0.39, 0.29) is 11.3 Å². The molecule has 8 nitrogen and oxygen atoms in total. The molecule has 4 rings (SSSR count). The Morgan fingerprint density at radius 1 is 1.20 bits per heavy atom. The van der Waals surface area contributed by atoms with Crippen LogP contribution in [-0.2, 0) is 4.79 Å². The molecule has 150 valence electrons. The van der Waals surface area contributed by atoms with Crippen molar-refractivity contribution in [3.05, 3.63) is 76.8 Å². The van der Waals surface area contributed by atoms with Gasteiger partial charge in [0.2, 0.25) is 5.13 Å². The number of halogens is 1. The number of hydrogen-bond donors (Lipinski definition) is 2. The van der Waals surface area contributed by atoms with Gasteiger partial charge >= 0.3 is 5.91 Å². The maximum atomic E-state index is 12.8. The summed E-state index contributed by atoms with van der Waals surface area (Å²) in [4.78, 5) is 28.1. The molecule has 3 aromatic rings. The first-order valence-electron chi connectivity index (χ1n) is 8.59. The Balaban J connectivity index is 1.50. The fourth-order valence-corrected chi connectivity index (χ4v) is 3.56. The third kappa shape index (κ3) is 3.88. The second-order valence-corrected chi connectivity index (χ2v) is 7.46. The largest absolute Gasteiger partial charge is 0.545 e. The quantitative estimate of drug-likeness (QED) is 0.592. The number of carboxylic acids is 1. The molecular weight excluding hydrogens is 426 g/mol. The van der Waals surface area contributed by atoms with E-state index in [2.05, 4.69) is 27.5 Å². The van der Waals surface area contributed by atoms with Crippen LogP contribution >= 0.6 is 22.9 Å². The van der Waals surface area contributed by atoms with Crippen molar-refractivity contribution >= 4 is 51.3 Å². The Morgan fingerprint density at radius 2 is 1.90 bits per heavy atom. The minimum absolute atomic E-state index is 0.0441. The zero-order chi connectivity index (χ0) is 21.3. The van der Waals surface area contributed by atoms with Gasteiger partial charge < -0.3 is 9.90 Å². The van der Waals surface area contributed by atoms with Gasteiger partial charge in [-0.3, -0.25) is 15.6 Å². The summed E-state index contributed by atoms with van der Waals surface area (Å²) in [6.07, 6.45) is 0. The molecule has 1 aliphatic rings. The van der Waals surface area contributed by atoms with E-state index in [9.17, 15) is 14.7 Å². The van der Waals surface area contributed by atoms with Gasteiger partial charge in [0.25, 0.3) is 0 Å². The zero-order valence-electron chi connectivity index (χ0n) is 15.3. The number of amides is 1. The van der Waals surface area contributed by atoms with Crippen molar-refractivity contribution in [3.8, 4) is 11.3 Å². The maximum Gasteiger partial charge on any atom is 0.301 e. The van der Waals surface area contributed by atoms with Gasteiger partial charge in [-0.05, 0) is 29.8 Å². The number of nitrogens with zero attached hydrogens (tertiary/aromatic N) is 3. The summed E-state index contributed by atoms with van der Waals surface area (Å²) < 4.78 is 0. The van der Waals surface area contributed by atoms with Gasteiger partial charge in [0.05, 0.1) is 23.0 Å². The van der Waals surface area contributed by atoms with Crippen molar-refractivity contribution in [3.63, 3.8) is 0 Å². The topological polar surface area (TPSA) is 110 Å². The first-order chi connectivity index (χ1) is 14.4. The summed E-state index contributed by atoms with van der Waals surface area (Å²) in [5.41, 5.74) is 8.11. The lowest BCUT2D eigenvalue weighted by Gasteiger charge is -2.10. The molecule has 1 aliphatic heterocycles. The predicted octanol–water partition coefficient (Wildman–Crippen LogP) is 2.66. The Hall–Kier alpha value is -3.69. The van der Waals surface area contributed by atoms with Gasteiger partial charge in [0.1, 0.15) is 0 Å². The van der Waals surface area contributed by atoms with Gasteiger partial charge in [-0.15, -0.1) is 11.3 Å². The molecule has 30 heavy (non-hydrogen) atoms. The van der Waals surface area contributed by atoms with Gasteiger partial charge in [-0.2, -0.15) is 10.1 Å². The lowest BCUT2D eigenvalue weighted by Crippen LogP contribution is -2.34. The van der Waals surface area contributed by atoms with Crippen LogP contribution in [-0.4, -0.2) is 22.6 Å². The number of aromatic carboxylic acids is 1. The molecule has 1 saturated heterocycles. The summed E-state index contributed by atoms with van der Waals surface area (Å²) in [7, 11) is 0. The standard InChI is InChI=1S/C20H14ClN5O3S/c1-11-17(24-23-15-8-4-13(5-9-15)19(28)29)18(27)26(25-11)20-22-16(10-30-20)12-2-6-14(21)7-3-12/h2-10,23,25H,1H2,(H,28,29)/p-1/b24-17+. The van der Waals surface area contributed by atoms with Crippen molar-refractivity contribution in [1.82, 2.24) is 10.4 Å². The monoisotopic (exact) mass is 438 g/mol. The SMILES string of the molecule is C=C1NN(c2nc(-c3ccc(Cl)cc3)cs2)C(=O)/C1=N/Nc1ccc(C(=O)[O-])cc1. The number of nitrogens with one attached hydrogen (secondary N) is 2. The molecule has 2 N–H and O–H groups in total. The highest BCUT2D eigenvalue weighted by atomic mass is 35.5. The summed E-state index contributed by atoms with van der Waals surface area (Å²) in [6.45, 7) is 3.82. The first kappa shape index (κ1) is 19.6. The van der Waals surface area contributed by atoms with Crippen LogP contribution in [0, 0.1) is 0 Å². The van der Waals surface area contributed by atoms with Gasteiger partial charge in [0, 0.05) is 16.0 Å². The van der Waals surface area contributed by atoms with E-state index in [4.69, 9.17) is 11.6 Å². The summed E-state index contributed by atoms with van der Waals surface area (Å²) in [6, 6.07) is 13.0. The highest BCUT2D eigenvalue weighted by molar-refractivity contribution is 7.14. The number of hydrogen-bond acceptors (Lipinski definition) is 8. The number of carbonyl (C=O) groups is 2. The van der Waals surface area contributed by atoms with Crippen molar-refractivity contribution in [1.29, 1.82) is 0 Å². The van der Waals surface area contributed by atoms with E-state index >= 15 is 0 Å². The molecule has 2 aromatic carbocycles. The van der Waals surface area contributed by atoms with Gasteiger partial charge in [-0.1, -0.05) is 42.4 Å². The number of anilines is 2. The van der Waals surface area contributed by atoms with Crippen LogP contribution in [0.15, 0.2) is 71.3 Å². The van der Waals surface area contributed by atoms with E-state index in [0.29, 0.717) is 27.2 Å². The van der Waals surface area contributed by atoms with E-state index < -0.39 is 11.9 Å². The number of thiazole rings is 1. The predicted molar refractivity (Wildman–Crippen MR) is 114 cm³/mol. The fraction of sp³-hybridized carbons (Fsp3) is 0. The lowest BCUT2D eigenvalue weighted by molar-refractivity contribution is -0.255. The van der Waals surface area contributed by atoms with E-state index in [0.717, 1.165) is 5.56 Å². The van der Waals surface area contributed by atoms with Crippen LogP contribution in [0.4, 0.5) is 10.8 Å². The number of hydrazone groups is 1. The maximum absolute atomic E-state index is 12.8. The third-order valence-corrected chi connectivity index (χ3v) is 5.26. The molecule has 10 heteroatoms. The zero-order valence-corrected chi connectivity index (χ0v) is 16.8. The van der Waals surface area contributed by atoms with Crippen molar-refractivity contribution in [2.24, 2.45) is 5.10 Å². The first-order valence-corrected chi connectivity index (χ1v) is 9.85. The molecule has 0 saturated carbocycles. The molecule has 1 amide bonds. The molecule has 0 aliphatic carbocycles. The molecule has 2 heterocycles. The molecule has 0 atom stereocenters. The number of carbonyl (C=O) groups excluding carboxylic acids is 2. The fourth-order valence-electron chi connectivity index (χ4n) is 2.65. The second-order valence-electron chi connectivity index (χ2n) is 6.19. The number of hydrazine groups is 1. The average molecular weight is 439 g/mol. The minimum atomic E-state index is -1.27. The molecule has 0 unspecified atom stereocenters. The Labute approximate surface area is 180 Å². The highest BCUT2D eigenvalue weighted by Gasteiger charge is 2.34. The number of aromatic nitrogens is 1. The van der Waals surface area contributed by atoms with Crippen LogP contribution in [0.1, 0.15) is 10.4 Å². The molecule has 0 spiro atoms. The molecular formula is C20H13ClN5O3S-. The van der Waals surface area contributed by atoms with E-state index in [1.807, 2.05) is 17.5 Å². The van der Waals surface area contributed by atoms with Crippen molar-refractivity contribution < 1.29 is 14.7 Å². The summed E-state index contributed by atoms with van der Waals surface area (Å²) >= 11 is 7.21. The van der Waals surface area contributed by atoms with Crippen LogP contribution in [0.5, 0.6) is 0 Å². The van der Waals surface area contributed by atoms with Crippen LogP contribution < -0.4 is 21.0 Å². The number of rotatable bonds is 5. The highest BCUT2D eigenvalue weighted by Crippen LogP contribution is 2.29. The normalized spacial score (nSPS) is 14.8. The molecule has 1 fully saturated rings. The number of benzene rings is 2. The summed E-state index contributed by atoms with van der Waals surface area (Å²) in [5.74, 6) is -1.69. The Morgan fingerprint density at radius 3 is 2.57 bits per heavy atom. The van der Waals surface area contributed by atoms with Crippen molar-refractivity contribution in [2.45, 2.75) is 0 Å². The van der Waals surface area contributed by atoms with Crippen LogP contribution in [0.25, 0.3) is 11.3 Å². The smallest absolute Gasteiger partial charge is 0.301 e. The lowest BCUT2D eigenvalue weighted by atomic mass is 10.2. The van der Waals surface area contributed by atoms with E-state index in [1.165, 1.54) is 40.6 Å². The van der Waals surface area contributed by atoms with E-state index in [1.54, 1.807) is 12.1 Å². The Kier molecular flexibility index (Phi) is 5.21.